The van der Waals surface area contributed by atoms with Crippen molar-refractivity contribution in [2.75, 3.05) is 17.7 Å². The van der Waals surface area contributed by atoms with Gasteiger partial charge in [-0.25, -0.2) is 0 Å². The monoisotopic (exact) mass is 288 g/mol. The SMILES string of the molecule is Nc1ccc(NC(CO)C(S)Cc2ccccc2)cc1. The Morgan fingerprint density at radius 2 is 1.70 bits per heavy atom. The van der Waals surface area contributed by atoms with Crippen molar-refractivity contribution in [1.29, 1.82) is 0 Å². The van der Waals surface area contributed by atoms with Gasteiger partial charge in [0.2, 0.25) is 0 Å². The molecule has 3 nitrogen and oxygen atoms in total. The Balaban J connectivity index is 1.98. The Bertz CT molecular complexity index is 516. The molecule has 0 saturated carbocycles. The summed E-state index contributed by atoms with van der Waals surface area (Å²) < 4.78 is 0. The number of hydrogen-bond acceptors (Lipinski definition) is 4. The fourth-order valence-electron chi connectivity index (χ4n) is 2.05. The summed E-state index contributed by atoms with van der Waals surface area (Å²) in [6, 6.07) is 17.5. The second-order valence-electron chi connectivity index (χ2n) is 4.81. The van der Waals surface area contributed by atoms with Crippen LogP contribution in [0, 0.1) is 0 Å². The topological polar surface area (TPSA) is 58.3 Å². The van der Waals surface area contributed by atoms with Gasteiger partial charge in [0.05, 0.1) is 12.6 Å². The molecule has 0 saturated heterocycles. The lowest BCUT2D eigenvalue weighted by Gasteiger charge is -2.24. The predicted octanol–water partition coefficient (Wildman–Crippen LogP) is 2.58. The van der Waals surface area contributed by atoms with Gasteiger partial charge in [0, 0.05) is 16.6 Å². The molecule has 0 aliphatic heterocycles. The molecule has 2 aromatic rings. The number of nitrogens with one attached hydrogen (secondary N) is 1. The van der Waals surface area contributed by atoms with E-state index in [-0.39, 0.29) is 17.9 Å². The quantitative estimate of drug-likeness (QED) is 0.488. The van der Waals surface area contributed by atoms with E-state index in [1.54, 1.807) is 0 Å². The largest absolute Gasteiger partial charge is 0.399 e. The van der Waals surface area contributed by atoms with Crippen molar-refractivity contribution < 1.29 is 5.11 Å². The molecule has 20 heavy (non-hydrogen) atoms. The number of rotatable bonds is 6. The van der Waals surface area contributed by atoms with E-state index < -0.39 is 0 Å². The number of aliphatic hydroxyl groups excluding tert-OH is 1. The second-order valence-corrected chi connectivity index (χ2v) is 5.48. The highest BCUT2D eigenvalue weighted by atomic mass is 32.1. The maximum atomic E-state index is 9.55. The van der Waals surface area contributed by atoms with Crippen LogP contribution in [0.15, 0.2) is 54.6 Å². The lowest BCUT2D eigenvalue weighted by atomic mass is 10.0. The highest BCUT2D eigenvalue weighted by molar-refractivity contribution is 7.81. The van der Waals surface area contributed by atoms with Crippen LogP contribution in [0.3, 0.4) is 0 Å². The Hall–Kier alpha value is -1.65. The fraction of sp³-hybridized carbons (Fsp3) is 0.250. The van der Waals surface area contributed by atoms with Crippen LogP contribution < -0.4 is 11.1 Å². The molecule has 106 valence electrons. The molecule has 2 unspecified atom stereocenters. The van der Waals surface area contributed by atoms with Gasteiger partial charge in [0.1, 0.15) is 0 Å². The summed E-state index contributed by atoms with van der Waals surface area (Å²) in [5, 5.41) is 12.9. The Morgan fingerprint density at radius 1 is 1.05 bits per heavy atom. The van der Waals surface area contributed by atoms with E-state index >= 15 is 0 Å². The Kier molecular flexibility index (Phi) is 5.32. The molecule has 4 heteroatoms. The van der Waals surface area contributed by atoms with Gasteiger partial charge in [0.15, 0.2) is 0 Å². The molecule has 0 fully saturated rings. The van der Waals surface area contributed by atoms with Crippen LogP contribution in [0.25, 0.3) is 0 Å². The molecule has 0 amide bonds. The lowest BCUT2D eigenvalue weighted by molar-refractivity contribution is 0.272. The van der Waals surface area contributed by atoms with Crippen molar-refractivity contribution >= 4 is 24.0 Å². The molecule has 0 bridgehead atoms. The van der Waals surface area contributed by atoms with E-state index in [4.69, 9.17) is 5.73 Å². The molecule has 0 aromatic heterocycles. The zero-order valence-electron chi connectivity index (χ0n) is 11.2. The van der Waals surface area contributed by atoms with Gasteiger partial charge >= 0.3 is 0 Å². The van der Waals surface area contributed by atoms with Crippen LogP contribution in [0.2, 0.25) is 0 Å². The molecule has 2 atom stereocenters. The van der Waals surface area contributed by atoms with E-state index in [9.17, 15) is 5.11 Å². The summed E-state index contributed by atoms with van der Waals surface area (Å²) in [4.78, 5) is 0. The van der Waals surface area contributed by atoms with Crippen molar-refractivity contribution in [3.63, 3.8) is 0 Å². The van der Waals surface area contributed by atoms with E-state index in [2.05, 4.69) is 30.1 Å². The summed E-state index contributed by atoms with van der Waals surface area (Å²) in [6.07, 6.45) is 0.803. The third-order valence-corrected chi connectivity index (χ3v) is 3.75. The molecule has 0 aliphatic rings. The maximum absolute atomic E-state index is 9.55. The first-order valence-corrected chi connectivity index (χ1v) is 7.15. The maximum Gasteiger partial charge on any atom is 0.0643 e. The summed E-state index contributed by atoms with van der Waals surface area (Å²) in [7, 11) is 0. The Morgan fingerprint density at radius 3 is 2.30 bits per heavy atom. The first-order chi connectivity index (χ1) is 9.69. The third-order valence-electron chi connectivity index (χ3n) is 3.21. The van der Waals surface area contributed by atoms with E-state index in [0.717, 1.165) is 17.8 Å². The molecule has 4 N–H and O–H groups in total. The number of nitrogen functional groups attached to an aromatic ring is 1. The highest BCUT2D eigenvalue weighted by Crippen LogP contribution is 2.17. The number of hydrogen-bond donors (Lipinski definition) is 4. The first-order valence-electron chi connectivity index (χ1n) is 6.64. The van der Waals surface area contributed by atoms with Gasteiger partial charge < -0.3 is 16.2 Å². The van der Waals surface area contributed by atoms with Gasteiger partial charge in [0.25, 0.3) is 0 Å². The number of anilines is 2. The van der Waals surface area contributed by atoms with Crippen molar-refractivity contribution in [3.8, 4) is 0 Å². The molecule has 0 aliphatic carbocycles. The zero-order valence-corrected chi connectivity index (χ0v) is 12.1. The number of nitrogens with two attached hydrogens (primary N) is 1. The predicted molar refractivity (Wildman–Crippen MR) is 88.3 cm³/mol. The van der Waals surface area contributed by atoms with E-state index in [1.807, 2.05) is 42.5 Å². The van der Waals surface area contributed by atoms with E-state index in [1.165, 1.54) is 5.56 Å². The zero-order chi connectivity index (χ0) is 14.4. The van der Waals surface area contributed by atoms with E-state index in [0.29, 0.717) is 0 Å². The van der Waals surface area contributed by atoms with Crippen molar-refractivity contribution in [3.05, 3.63) is 60.2 Å². The second kappa shape index (κ2) is 7.22. The summed E-state index contributed by atoms with van der Waals surface area (Å²) in [5.41, 5.74) is 8.53. The molecule has 2 aromatic carbocycles. The number of aliphatic hydroxyl groups is 1. The van der Waals surface area contributed by atoms with Gasteiger partial charge in [-0.05, 0) is 36.2 Å². The van der Waals surface area contributed by atoms with Crippen LogP contribution >= 0.6 is 12.6 Å². The normalized spacial score (nSPS) is 13.7. The minimum Gasteiger partial charge on any atom is -0.399 e. The standard InChI is InChI=1S/C16H20N2OS/c17-13-6-8-14(9-7-13)18-15(11-19)16(20)10-12-4-2-1-3-5-12/h1-9,15-16,18-20H,10-11,17H2. The smallest absolute Gasteiger partial charge is 0.0643 e. The highest BCUT2D eigenvalue weighted by Gasteiger charge is 2.17. The van der Waals surface area contributed by atoms with Gasteiger partial charge in [-0.15, -0.1) is 0 Å². The van der Waals surface area contributed by atoms with Crippen molar-refractivity contribution in [2.24, 2.45) is 0 Å². The average molecular weight is 288 g/mol. The van der Waals surface area contributed by atoms with Gasteiger partial charge in [-0.2, -0.15) is 12.6 Å². The Labute approximate surface area is 125 Å². The van der Waals surface area contributed by atoms with Gasteiger partial charge in [-0.1, -0.05) is 30.3 Å². The fourth-order valence-corrected chi connectivity index (χ4v) is 2.43. The molecular weight excluding hydrogens is 268 g/mol. The van der Waals surface area contributed by atoms with Crippen LogP contribution in [0.4, 0.5) is 11.4 Å². The number of benzene rings is 2. The van der Waals surface area contributed by atoms with Crippen LogP contribution in [-0.2, 0) is 6.42 Å². The van der Waals surface area contributed by atoms with Gasteiger partial charge in [-0.3, -0.25) is 0 Å². The lowest BCUT2D eigenvalue weighted by Crippen LogP contribution is -2.34. The summed E-state index contributed by atoms with van der Waals surface area (Å²) in [6.45, 7) is 0.0331. The molecule has 0 heterocycles. The molecule has 2 rings (SSSR count). The minimum atomic E-state index is -0.109. The molecule has 0 spiro atoms. The summed E-state index contributed by atoms with van der Waals surface area (Å²) in [5.74, 6) is 0. The number of thiol groups is 1. The minimum absolute atomic E-state index is 0.0277. The van der Waals surface area contributed by atoms with Crippen molar-refractivity contribution in [2.45, 2.75) is 17.7 Å². The first kappa shape index (κ1) is 14.8. The average Bonchev–Trinajstić information content (AvgIpc) is 2.47. The third kappa shape index (κ3) is 4.18. The van der Waals surface area contributed by atoms with Crippen LogP contribution in [0.5, 0.6) is 0 Å². The summed E-state index contributed by atoms with van der Waals surface area (Å²) >= 11 is 4.62. The molecular formula is C16H20N2OS. The van der Waals surface area contributed by atoms with Crippen LogP contribution in [-0.4, -0.2) is 23.0 Å². The molecule has 0 radical (unpaired) electrons. The van der Waals surface area contributed by atoms with Crippen molar-refractivity contribution in [1.82, 2.24) is 0 Å². The van der Waals surface area contributed by atoms with Crippen LogP contribution in [0.1, 0.15) is 5.56 Å².